The number of anilines is 1. The second-order valence-electron chi connectivity index (χ2n) is 11.5. The van der Waals surface area contributed by atoms with Crippen LogP contribution in [0, 0.1) is 0 Å². The zero-order valence-corrected chi connectivity index (χ0v) is 25.5. The van der Waals surface area contributed by atoms with E-state index in [9.17, 15) is 18.3 Å². The lowest BCUT2D eigenvalue weighted by Gasteiger charge is -2.30. The van der Waals surface area contributed by atoms with Crippen molar-refractivity contribution < 1.29 is 18.3 Å². The third kappa shape index (κ3) is 5.29. The third-order valence-corrected chi connectivity index (χ3v) is 8.99. The van der Waals surface area contributed by atoms with Gasteiger partial charge in [0.05, 0.1) is 34.4 Å². The third-order valence-electron chi connectivity index (χ3n) is 8.56. The van der Waals surface area contributed by atoms with Crippen molar-refractivity contribution in [1.82, 2.24) is 29.3 Å². The number of benzene rings is 2. The number of imidazole rings is 1. The summed E-state index contributed by atoms with van der Waals surface area (Å²) in [4.78, 5) is 15.1. The molecule has 0 bridgehead atoms. The number of aromatic nitrogens is 6. The van der Waals surface area contributed by atoms with E-state index < -0.39 is 17.5 Å². The van der Waals surface area contributed by atoms with Crippen LogP contribution in [0.5, 0.6) is 0 Å². The first kappa shape index (κ1) is 29.9. The van der Waals surface area contributed by atoms with Gasteiger partial charge in [-0.1, -0.05) is 35.9 Å². The van der Waals surface area contributed by atoms with E-state index in [2.05, 4.69) is 20.0 Å². The minimum atomic E-state index is -4.62. The lowest BCUT2D eigenvalue weighted by molar-refractivity contribution is -0.141. The normalized spacial score (nSPS) is 15.0. The number of rotatable bonds is 7. The van der Waals surface area contributed by atoms with Crippen molar-refractivity contribution in [2.75, 3.05) is 18.0 Å². The van der Waals surface area contributed by atoms with Crippen LogP contribution in [0.3, 0.4) is 0 Å². The molecule has 7 rings (SSSR count). The monoisotopic (exact) mass is 643 g/mol. The summed E-state index contributed by atoms with van der Waals surface area (Å²) in [5.74, 6) is 0.827. The molecule has 6 aromatic rings. The van der Waals surface area contributed by atoms with Gasteiger partial charge in [-0.15, -0.1) is 0 Å². The second kappa shape index (κ2) is 11.6. The fourth-order valence-electron chi connectivity index (χ4n) is 6.16. The Hall–Kier alpha value is -4.74. The fraction of sp³-hybridized carbons (Fsp3) is 0.235. The summed E-state index contributed by atoms with van der Waals surface area (Å²) in [5.41, 5.74) is 1.43. The number of hydrogen-bond acceptors (Lipinski definition) is 6. The minimum absolute atomic E-state index is 0.152. The van der Waals surface area contributed by atoms with Crippen LogP contribution in [0.25, 0.3) is 16.6 Å². The standard InChI is InChI=1S/C34H29ClF3N7O/c1-43-21-39-20-30(43)33(46,24-8-12-29(40-19-24)34(36,37)38)23-7-11-28-26(18-23)31(35)27(32(42-28)44-14-2-3-15-44)17-22-5-9-25(10-6-22)45-16-4-13-41-45/h4-13,16,18-21,46H,2-3,14-15,17H2,1H3. The molecule has 1 aliphatic rings. The average molecular weight is 644 g/mol. The largest absolute Gasteiger partial charge is 0.433 e. The van der Waals surface area contributed by atoms with Crippen LogP contribution >= 0.6 is 11.6 Å². The maximum Gasteiger partial charge on any atom is 0.433 e. The van der Waals surface area contributed by atoms with Gasteiger partial charge in [0.1, 0.15) is 11.5 Å². The van der Waals surface area contributed by atoms with Gasteiger partial charge in [-0.25, -0.2) is 14.6 Å². The zero-order chi connectivity index (χ0) is 32.1. The van der Waals surface area contributed by atoms with Crippen LogP contribution in [-0.4, -0.2) is 47.5 Å². The van der Waals surface area contributed by atoms with E-state index in [0.29, 0.717) is 33.6 Å². The molecular weight excluding hydrogens is 615 g/mol. The Kier molecular flexibility index (Phi) is 7.53. The van der Waals surface area contributed by atoms with Crippen molar-refractivity contribution in [3.63, 3.8) is 0 Å². The number of hydrogen-bond donors (Lipinski definition) is 1. The Morgan fingerprint density at radius 2 is 1.72 bits per heavy atom. The van der Waals surface area contributed by atoms with Crippen molar-refractivity contribution >= 4 is 28.3 Å². The zero-order valence-electron chi connectivity index (χ0n) is 24.8. The highest BCUT2D eigenvalue weighted by atomic mass is 35.5. The molecule has 0 radical (unpaired) electrons. The van der Waals surface area contributed by atoms with Crippen LogP contribution in [0.2, 0.25) is 5.02 Å². The first-order chi connectivity index (χ1) is 22.1. The van der Waals surface area contributed by atoms with Crippen molar-refractivity contribution in [2.24, 2.45) is 7.05 Å². The highest BCUT2D eigenvalue weighted by molar-refractivity contribution is 6.36. The molecule has 1 N–H and O–H groups in total. The van der Waals surface area contributed by atoms with Gasteiger partial charge in [0.25, 0.3) is 0 Å². The lowest BCUT2D eigenvalue weighted by Crippen LogP contribution is -2.31. The molecule has 0 saturated carbocycles. The molecular formula is C34H29ClF3N7O. The molecule has 1 saturated heterocycles. The van der Waals surface area contributed by atoms with Gasteiger partial charge in [0.15, 0.2) is 5.60 Å². The summed E-state index contributed by atoms with van der Waals surface area (Å²) < 4.78 is 43.5. The molecule has 1 unspecified atom stereocenters. The molecule has 4 aromatic heterocycles. The molecule has 0 spiro atoms. The maximum atomic E-state index is 13.4. The number of aryl methyl sites for hydroxylation is 1. The smallest absolute Gasteiger partial charge is 0.374 e. The molecule has 46 heavy (non-hydrogen) atoms. The summed E-state index contributed by atoms with van der Waals surface area (Å²) in [7, 11) is 1.71. The predicted molar refractivity (Wildman–Crippen MR) is 169 cm³/mol. The molecule has 0 aliphatic carbocycles. The Morgan fingerprint density at radius 3 is 2.35 bits per heavy atom. The molecule has 2 aromatic carbocycles. The Bertz CT molecular complexity index is 2000. The van der Waals surface area contributed by atoms with Crippen molar-refractivity contribution in [3.05, 3.63) is 130 Å². The number of fused-ring (bicyclic) bond motifs is 1. The van der Waals surface area contributed by atoms with Gasteiger partial charge in [-0.3, -0.25) is 4.98 Å². The molecule has 5 heterocycles. The lowest BCUT2D eigenvalue weighted by atomic mass is 9.83. The van der Waals surface area contributed by atoms with Gasteiger partial charge >= 0.3 is 6.18 Å². The van der Waals surface area contributed by atoms with Gasteiger partial charge < -0.3 is 14.6 Å². The molecule has 1 atom stereocenters. The van der Waals surface area contributed by atoms with Crippen LogP contribution in [-0.2, 0) is 25.2 Å². The molecule has 12 heteroatoms. The quantitative estimate of drug-likeness (QED) is 0.209. The second-order valence-corrected chi connectivity index (χ2v) is 11.9. The summed E-state index contributed by atoms with van der Waals surface area (Å²) in [6.45, 7) is 1.75. The van der Waals surface area contributed by atoms with Gasteiger partial charge in [0, 0.05) is 61.7 Å². The first-order valence-corrected chi connectivity index (χ1v) is 15.2. The first-order valence-electron chi connectivity index (χ1n) is 14.8. The predicted octanol–water partition coefficient (Wildman–Crippen LogP) is 6.70. The molecule has 1 aliphatic heterocycles. The molecule has 1 fully saturated rings. The Morgan fingerprint density at radius 1 is 0.957 bits per heavy atom. The van der Waals surface area contributed by atoms with E-state index >= 15 is 0 Å². The van der Waals surface area contributed by atoms with Gasteiger partial charge in [0.2, 0.25) is 0 Å². The number of pyridine rings is 2. The number of nitrogens with zero attached hydrogens (tertiary/aromatic N) is 7. The van der Waals surface area contributed by atoms with Crippen LogP contribution in [0.15, 0.2) is 91.8 Å². The summed E-state index contributed by atoms with van der Waals surface area (Å²) >= 11 is 7.27. The number of halogens is 4. The summed E-state index contributed by atoms with van der Waals surface area (Å²) in [6, 6.07) is 17.3. The average Bonchev–Trinajstić information content (AvgIpc) is 3.86. The highest BCUT2D eigenvalue weighted by Gasteiger charge is 2.39. The van der Waals surface area contributed by atoms with E-state index in [4.69, 9.17) is 16.6 Å². The molecule has 234 valence electrons. The fourth-order valence-corrected chi connectivity index (χ4v) is 6.46. The van der Waals surface area contributed by atoms with E-state index in [1.807, 2.05) is 36.5 Å². The van der Waals surface area contributed by atoms with E-state index in [-0.39, 0.29) is 5.56 Å². The van der Waals surface area contributed by atoms with Gasteiger partial charge in [-0.2, -0.15) is 18.3 Å². The molecule has 0 amide bonds. The van der Waals surface area contributed by atoms with E-state index in [1.165, 1.54) is 18.6 Å². The number of aliphatic hydroxyl groups is 1. The molecule has 8 nitrogen and oxygen atoms in total. The summed E-state index contributed by atoms with van der Waals surface area (Å²) in [6.07, 6.45) is 5.70. The number of alkyl halides is 3. The Balaban J connectivity index is 1.36. The van der Waals surface area contributed by atoms with Gasteiger partial charge in [-0.05, 0) is 60.4 Å². The van der Waals surface area contributed by atoms with Crippen LogP contribution < -0.4 is 4.90 Å². The van der Waals surface area contributed by atoms with Crippen LogP contribution in [0.1, 0.15) is 46.5 Å². The van der Waals surface area contributed by atoms with Crippen molar-refractivity contribution in [1.29, 1.82) is 0 Å². The van der Waals surface area contributed by atoms with E-state index in [0.717, 1.165) is 60.8 Å². The van der Waals surface area contributed by atoms with E-state index in [1.54, 1.807) is 40.7 Å². The maximum absolute atomic E-state index is 13.4. The highest BCUT2D eigenvalue weighted by Crippen LogP contribution is 2.41. The topological polar surface area (TPSA) is 84.9 Å². The summed E-state index contributed by atoms with van der Waals surface area (Å²) in [5, 5.41) is 17.8. The van der Waals surface area contributed by atoms with Crippen LogP contribution in [0.4, 0.5) is 19.0 Å². The minimum Gasteiger partial charge on any atom is -0.374 e. The Labute approximate surface area is 267 Å². The van der Waals surface area contributed by atoms with Crippen molar-refractivity contribution in [3.8, 4) is 5.69 Å². The van der Waals surface area contributed by atoms with Crippen molar-refractivity contribution in [2.45, 2.75) is 31.0 Å². The SMILES string of the molecule is Cn1cncc1C(O)(c1ccc(C(F)(F)F)nc1)c1ccc2nc(N3CCCC3)c(Cc3ccc(-n4cccn4)cc3)c(Cl)c2c1.